The maximum atomic E-state index is 14.2. The van der Waals surface area contributed by atoms with Gasteiger partial charge in [0.15, 0.2) is 0 Å². The summed E-state index contributed by atoms with van der Waals surface area (Å²) in [5.74, 6) is -0.422. The standard InChI is InChI=1S/C13H11BrClFN2/c1-17-13(8-3-2-6-18-7-8)9-4-5-10(14)11(15)12(9)16/h2-7,13,17H,1H3. The van der Waals surface area contributed by atoms with Gasteiger partial charge in [0.25, 0.3) is 0 Å². The van der Waals surface area contributed by atoms with Crippen LogP contribution in [0.1, 0.15) is 17.2 Å². The average Bonchev–Trinajstić information content (AvgIpc) is 2.41. The fourth-order valence-electron chi connectivity index (χ4n) is 1.81. The van der Waals surface area contributed by atoms with E-state index in [9.17, 15) is 4.39 Å². The second-order valence-corrected chi connectivity index (χ2v) is 5.00. The first kappa shape index (κ1) is 13.5. The first-order valence-electron chi connectivity index (χ1n) is 5.35. The second kappa shape index (κ2) is 5.78. The summed E-state index contributed by atoms with van der Waals surface area (Å²) in [6, 6.07) is 6.88. The van der Waals surface area contributed by atoms with E-state index >= 15 is 0 Å². The van der Waals surface area contributed by atoms with Gasteiger partial charge in [-0.2, -0.15) is 0 Å². The minimum Gasteiger partial charge on any atom is -0.309 e. The molecule has 94 valence electrons. The summed E-state index contributed by atoms with van der Waals surface area (Å²) in [6.07, 6.45) is 3.39. The van der Waals surface area contributed by atoms with Gasteiger partial charge in [-0.1, -0.05) is 23.7 Å². The number of halogens is 3. The fraction of sp³-hybridized carbons (Fsp3) is 0.154. The van der Waals surface area contributed by atoms with Gasteiger partial charge in [0.1, 0.15) is 5.82 Å². The largest absolute Gasteiger partial charge is 0.309 e. The molecule has 0 aliphatic carbocycles. The van der Waals surface area contributed by atoms with Crippen LogP contribution in [0.2, 0.25) is 5.02 Å². The van der Waals surface area contributed by atoms with Crippen LogP contribution < -0.4 is 5.32 Å². The van der Waals surface area contributed by atoms with E-state index in [0.29, 0.717) is 10.0 Å². The van der Waals surface area contributed by atoms with Crippen molar-refractivity contribution in [2.45, 2.75) is 6.04 Å². The molecule has 1 unspecified atom stereocenters. The lowest BCUT2D eigenvalue weighted by Gasteiger charge is -2.18. The highest BCUT2D eigenvalue weighted by Gasteiger charge is 2.19. The Morgan fingerprint density at radius 2 is 2.17 bits per heavy atom. The summed E-state index contributed by atoms with van der Waals surface area (Å²) < 4.78 is 14.7. The Morgan fingerprint density at radius 1 is 1.39 bits per heavy atom. The zero-order valence-electron chi connectivity index (χ0n) is 9.62. The molecule has 0 saturated heterocycles. The van der Waals surface area contributed by atoms with E-state index in [1.165, 1.54) is 0 Å². The third kappa shape index (κ3) is 2.55. The topological polar surface area (TPSA) is 24.9 Å². The number of aromatic nitrogens is 1. The molecule has 0 radical (unpaired) electrons. The Balaban J connectivity index is 2.50. The molecule has 1 aromatic heterocycles. The summed E-state index contributed by atoms with van der Waals surface area (Å²) in [6.45, 7) is 0. The predicted octanol–water partition coefficient (Wildman–Crippen LogP) is 3.95. The third-order valence-corrected chi connectivity index (χ3v) is 3.94. The van der Waals surface area contributed by atoms with Gasteiger partial charge >= 0.3 is 0 Å². The molecule has 0 aliphatic heterocycles. The third-order valence-electron chi connectivity index (χ3n) is 2.68. The lowest BCUT2D eigenvalue weighted by molar-refractivity contribution is 0.575. The molecular weight excluding hydrogens is 319 g/mol. The molecule has 0 spiro atoms. The van der Waals surface area contributed by atoms with Gasteiger partial charge in [-0.15, -0.1) is 0 Å². The normalized spacial score (nSPS) is 12.4. The molecule has 2 rings (SSSR count). The average molecular weight is 330 g/mol. The van der Waals surface area contributed by atoms with Crippen LogP contribution in [-0.4, -0.2) is 12.0 Å². The van der Waals surface area contributed by atoms with Gasteiger partial charge in [-0.3, -0.25) is 4.98 Å². The Hall–Kier alpha value is -0.970. The lowest BCUT2D eigenvalue weighted by Crippen LogP contribution is -2.19. The first-order valence-corrected chi connectivity index (χ1v) is 6.53. The van der Waals surface area contributed by atoms with Crippen LogP contribution in [0.3, 0.4) is 0 Å². The minimum atomic E-state index is -0.422. The van der Waals surface area contributed by atoms with E-state index in [1.807, 2.05) is 12.1 Å². The highest BCUT2D eigenvalue weighted by molar-refractivity contribution is 9.10. The number of nitrogens with zero attached hydrogens (tertiary/aromatic N) is 1. The van der Waals surface area contributed by atoms with Crippen LogP contribution >= 0.6 is 27.5 Å². The smallest absolute Gasteiger partial charge is 0.148 e. The van der Waals surface area contributed by atoms with Crippen LogP contribution in [0.4, 0.5) is 4.39 Å². The SMILES string of the molecule is CNC(c1cccnc1)c1ccc(Br)c(Cl)c1F. The highest BCUT2D eigenvalue weighted by Crippen LogP contribution is 2.32. The van der Waals surface area contributed by atoms with Crippen molar-refractivity contribution < 1.29 is 4.39 Å². The number of hydrogen-bond donors (Lipinski definition) is 1. The molecule has 5 heteroatoms. The summed E-state index contributed by atoms with van der Waals surface area (Å²) in [5.41, 5.74) is 1.39. The van der Waals surface area contributed by atoms with Gasteiger partial charge < -0.3 is 5.32 Å². The fourth-order valence-corrected chi connectivity index (χ4v) is 2.29. The Labute approximate surface area is 118 Å². The summed E-state index contributed by atoms with van der Waals surface area (Å²) in [5, 5.41) is 3.16. The molecule has 0 bridgehead atoms. The predicted molar refractivity (Wildman–Crippen MR) is 74.2 cm³/mol. The summed E-state index contributed by atoms with van der Waals surface area (Å²) in [7, 11) is 1.77. The van der Waals surface area contributed by atoms with Crippen LogP contribution in [0, 0.1) is 5.82 Å². The van der Waals surface area contributed by atoms with Crippen molar-refractivity contribution in [1.82, 2.24) is 10.3 Å². The molecule has 1 atom stereocenters. The van der Waals surface area contributed by atoms with Crippen LogP contribution in [-0.2, 0) is 0 Å². The number of rotatable bonds is 3. The van der Waals surface area contributed by atoms with Gasteiger partial charge in [0, 0.05) is 22.4 Å². The van der Waals surface area contributed by atoms with E-state index in [2.05, 4.69) is 26.2 Å². The van der Waals surface area contributed by atoms with Crippen molar-refractivity contribution in [3.63, 3.8) is 0 Å². The molecular formula is C13H11BrClFN2. The quantitative estimate of drug-likeness (QED) is 0.863. The number of pyridine rings is 1. The van der Waals surface area contributed by atoms with Crippen molar-refractivity contribution >= 4 is 27.5 Å². The molecule has 1 aromatic carbocycles. The number of nitrogens with one attached hydrogen (secondary N) is 1. The Bertz CT molecular complexity index is 548. The first-order chi connectivity index (χ1) is 8.65. The number of benzene rings is 1. The lowest BCUT2D eigenvalue weighted by atomic mass is 10.00. The van der Waals surface area contributed by atoms with Crippen molar-refractivity contribution in [3.05, 3.63) is 63.1 Å². The zero-order valence-corrected chi connectivity index (χ0v) is 12.0. The monoisotopic (exact) mass is 328 g/mol. The molecule has 2 nitrogen and oxygen atoms in total. The van der Waals surface area contributed by atoms with Gasteiger partial charge in [0.05, 0.1) is 11.1 Å². The molecule has 0 amide bonds. The molecule has 0 saturated carbocycles. The molecule has 2 aromatic rings. The Morgan fingerprint density at radius 3 is 2.78 bits per heavy atom. The van der Waals surface area contributed by atoms with Crippen LogP contribution in [0.15, 0.2) is 41.1 Å². The van der Waals surface area contributed by atoms with Crippen LogP contribution in [0.25, 0.3) is 0 Å². The maximum absolute atomic E-state index is 14.2. The van der Waals surface area contributed by atoms with E-state index in [0.717, 1.165) is 5.56 Å². The summed E-state index contributed by atoms with van der Waals surface area (Å²) >= 11 is 9.11. The molecule has 0 fully saturated rings. The van der Waals surface area contributed by atoms with Gasteiger partial charge in [-0.05, 0) is 40.7 Å². The van der Waals surface area contributed by atoms with Crippen molar-refractivity contribution in [1.29, 1.82) is 0 Å². The molecule has 18 heavy (non-hydrogen) atoms. The molecule has 1 N–H and O–H groups in total. The zero-order chi connectivity index (χ0) is 13.1. The van der Waals surface area contributed by atoms with Crippen molar-refractivity contribution in [3.8, 4) is 0 Å². The second-order valence-electron chi connectivity index (χ2n) is 3.77. The van der Waals surface area contributed by atoms with Gasteiger partial charge in [-0.25, -0.2) is 4.39 Å². The van der Waals surface area contributed by atoms with E-state index in [-0.39, 0.29) is 11.1 Å². The minimum absolute atomic E-state index is 0.0941. The van der Waals surface area contributed by atoms with Crippen molar-refractivity contribution in [2.24, 2.45) is 0 Å². The highest BCUT2D eigenvalue weighted by atomic mass is 79.9. The van der Waals surface area contributed by atoms with E-state index in [1.54, 1.807) is 31.6 Å². The van der Waals surface area contributed by atoms with E-state index < -0.39 is 5.82 Å². The summed E-state index contributed by atoms with van der Waals surface area (Å²) in [4.78, 5) is 4.04. The van der Waals surface area contributed by atoms with Crippen LogP contribution in [0.5, 0.6) is 0 Å². The molecule has 1 heterocycles. The maximum Gasteiger partial charge on any atom is 0.148 e. The molecule has 0 aliphatic rings. The Kier molecular flexibility index (Phi) is 4.32. The number of hydrogen-bond acceptors (Lipinski definition) is 2. The van der Waals surface area contributed by atoms with E-state index in [4.69, 9.17) is 11.6 Å². The van der Waals surface area contributed by atoms with Crippen molar-refractivity contribution in [2.75, 3.05) is 7.05 Å². The van der Waals surface area contributed by atoms with Gasteiger partial charge in [0.2, 0.25) is 0 Å².